The highest BCUT2D eigenvalue weighted by Gasteiger charge is 2.02. The number of aromatic nitrogens is 1. The van der Waals surface area contributed by atoms with Crippen molar-refractivity contribution in [1.82, 2.24) is 4.98 Å². The molecule has 1 aromatic heterocycles. The maximum absolute atomic E-state index is 13.3. The fourth-order valence-corrected chi connectivity index (χ4v) is 1.38. The van der Waals surface area contributed by atoms with Gasteiger partial charge in [0.15, 0.2) is 0 Å². The van der Waals surface area contributed by atoms with E-state index in [4.69, 9.17) is 10.5 Å². The molecular weight excluding hydrogens is 219 g/mol. The molecule has 0 fully saturated rings. The van der Waals surface area contributed by atoms with E-state index in [9.17, 15) is 4.39 Å². The number of benzene rings is 1. The first-order valence-electron chi connectivity index (χ1n) is 5.31. The van der Waals surface area contributed by atoms with Gasteiger partial charge >= 0.3 is 0 Å². The summed E-state index contributed by atoms with van der Waals surface area (Å²) >= 11 is 0. The number of rotatable bonds is 4. The van der Waals surface area contributed by atoms with E-state index in [-0.39, 0.29) is 12.4 Å². The molecule has 0 saturated heterocycles. The Balaban J connectivity index is 2.00. The molecule has 0 amide bonds. The van der Waals surface area contributed by atoms with Crippen LogP contribution in [0.2, 0.25) is 0 Å². The summed E-state index contributed by atoms with van der Waals surface area (Å²) < 4.78 is 18.7. The zero-order valence-electron chi connectivity index (χ0n) is 9.27. The van der Waals surface area contributed by atoms with Crippen molar-refractivity contribution in [3.05, 3.63) is 59.5 Å². The van der Waals surface area contributed by atoms with Gasteiger partial charge in [0, 0.05) is 24.4 Å². The van der Waals surface area contributed by atoms with Gasteiger partial charge in [0.1, 0.15) is 12.4 Å². The fourth-order valence-electron chi connectivity index (χ4n) is 1.38. The Morgan fingerprint density at radius 1 is 1.18 bits per heavy atom. The zero-order chi connectivity index (χ0) is 12.1. The first-order chi connectivity index (χ1) is 8.29. The second-order valence-electron chi connectivity index (χ2n) is 3.59. The van der Waals surface area contributed by atoms with Crippen LogP contribution in [0.3, 0.4) is 0 Å². The second kappa shape index (κ2) is 5.41. The zero-order valence-corrected chi connectivity index (χ0v) is 9.27. The summed E-state index contributed by atoms with van der Waals surface area (Å²) in [5, 5.41) is 0. The van der Waals surface area contributed by atoms with Crippen LogP contribution in [-0.4, -0.2) is 4.98 Å². The van der Waals surface area contributed by atoms with Crippen molar-refractivity contribution < 1.29 is 9.13 Å². The van der Waals surface area contributed by atoms with E-state index in [2.05, 4.69) is 4.98 Å². The molecule has 17 heavy (non-hydrogen) atoms. The van der Waals surface area contributed by atoms with Crippen LogP contribution in [0.4, 0.5) is 4.39 Å². The molecule has 0 spiro atoms. The topological polar surface area (TPSA) is 48.1 Å². The van der Waals surface area contributed by atoms with Gasteiger partial charge in [-0.25, -0.2) is 9.37 Å². The minimum atomic E-state index is -0.272. The van der Waals surface area contributed by atoms with Crippen molar-refractivity contribution in [2.75, 3.05) is 0 Å². The molecular formula is C13H13FN2O. The molecule has 0 radical (unpaired) electrons. The third-order valence-electron chi connectivity index (χ3n) is 2.37. The van der Waals surface area contributed by atoms with E-state index in [1.807, 2.05) is 6.07 Å². The van der Waals surface area contributed by atoms with Crippen LogP contribution in [0, 0.1) is 5.82 Å². The molecule has 0 bridgehead atoms. The fraction of sp³-hybridized carbons (Fsp3) is 0.154. The van der Waals surface area contributed by atoms with E-state index < -0.39 is 0 Å². The average molecular weight is 232 g/mol. The van der Waals surface area contributed by atoms with Crippen molar-refractivity contribution >= 4 is 0 Å². The van der Waals surface area contributed by atoms with Crippen molar-refractivity contribution in [3.8, 4) is 5.88 Å². The van der Waals surface area contributed by atoms with Crippen molar-refractivity contribution in [2.24, 2.45) is 5.73 Å². The highest BCUT2D eigenvalue weighted by molar-refractivity contribution is 5.20. The van der Waals surface area contributed by atoms with Crippen molar-refractivity contribution in [1.29, 1.82) is 0 Å². The monoisotopic (exact) mass is 232 g/mol. The first kappa shape index (κ1) is 11.5. The first-order valence-corrected chi connectivity index (χ1v) is 5.31. The molecule has 1 aromatic carbocycles. The highest BCUT2D eigenvalue weighted by atomic mass is 19.1. The Kier molecular flexibility index (Phi) is 3.67. The maximum atomic E-state index is 13.3. The molecule has 0 unspecified atom stereocenters. The van der Waals surface area contributed by atoms with Crippen molar-refractivity contribution in [2.45, 2.75) is 13.2 Å². The Labute approximate surface area is 99.1 Å². The summed E-state index contributed by atoms with van der Waals surface area (Å²) in [6, 6.07) is 10.1. The Hall–Kier alpha value is -1.94. The van der Waals surface area contributed by atoms with Gasteiger partial charge in [-0.2, -0.15) is 0 Å². The summed E-state index contributed by atoms with van der Waals surface area (Å²) in [6.07, 6.45) is 1.65. The van der Waals surface area contributed by atoms with Crippen LogP contribution in [0.1, 0.15) is 11.1 Å². The lowest BCUT2D eigenvalue weighted by Crippen LogP contribution is -2.01. The van der Waals surface area contributed by atoms with Crippen LogP contribution in [0.5, 0.6) is 5.88 Å². The lowest BCUT2D eigenvalue weighted by Gasteiger charge is -2.06. The summed E-state index contributed by atoms with van der Waals surface area (Å²) in [5.41, 5.74) is 6.90. The van der Waals surface area contributed by atoms with Gasteiger partial charge in [-0.05, 0) is 11.6 Å². The molecule has 0 aliphatic heterocycles. The number of halogens is 1. The highest BCUT2D eigenvalue weighted by Crippen LogP contribution is 2.12. The standard InChI is InChI=1S/C13H13FN2O/c14-12-4-2-1-3-11(12)9-17-13-6-5-10(7-15)8-16-13/h1-6,8H,7,9,15H2. The van der Waals surface area contributed by atoms with E-state index in [0.717, 1.165) is 5.56 Å². The molecule has 2 N–H and O–H groups in total. The molecule has 2 rings (SSSR count). The number of hydrogen-bond acceptors (Lipinski definition) is 3. The molecule has 2 aromatic rings. The van der Waals surface area contributed by atoms with Crippen LogP contribution in [0.15, 0.2) is 42.6 Å². The molecule has 0 saturated carbocycles. The Bertz CT molecular complexity index is 485. The largest absolute Gasteiger partial charge is 0.473 e. The predicted molar refractivity (Wildman–Crippen MR) is 62.9 cm³/mol. The van der Waals surface area contributed by atoms with Crippen LogP contribution in [-0.2, 0) is 13.2 Å². The molecule has 4 heteroatoms. The summed E-state index contributed by atoms with van der Waals surface area (Å²) in [6.45, 7) is 0.613. The minimum Gasteiger partial charge on any atom is -0.473 e. The van der Waals surface area contributed by atoms with Gasteiger partial charge in [-0.15, -0.1) is 0 Å². The van der Waals surface area contributed by atoms with Crippen LogP contribution in [0.25, 0.3) is 0 Å². The van der Waals surface area contributed by atoms with Crippen LogP contribution >= 0.6 is 0 Å². The van der Waals surface area contributed by atoms with E-state index in [1.165, 1.54) is 6.07 Å². The Morgan fingerprint density at radius 2 is 2.00 bits per heavy atom. The van der Waals surface area contributed by atoms with Crippen LogP contribution < -0.4 is 10.5 Å². The van der Waals surface area contributed by atoms with Crippen molar-refractivity contribution in [3.63, 3.8) is 0 Å². The number of nitrogens with zero attached hydrogens (tertiary/aromatic N) is 1. The number of ether oxygens (including phenoxy) is 1. The van der Waals surface area contributed by atoms with Gasteiger partial charge in [0.25, 0.3) is 0 Å². The van der Waals surface area contributed by atoms with Gasteiger partial charge < -0.3 is 10.5 Å². The SMILES string of the molecule is NCc1ccc(OCc2ccccc2F)nc1. The molecule has 0 aliphatic carbocycles. The smallest absolute Gasteiger partial charge is 0.213 e. The molecule has 3 nitrogen and oxygen atoms in total. The molecule has 1 heterocycles. The quantitative estimate of drug-likeness (QED) is 0.879. The summed E-state index contributed by atoms with van der Waals surface area (Å²) in [5.74, 6) is 0.191. The van der Waals surface area contributed by atoms with Gasteiger partial charge in [-0.3, -0.25) is 0 Å². The molecule has 88 valence electrons. The number of nitrogens with two attached hydrogens (primary N) is 1. The number of pyridine rings is 1. The third-order valence-corrected chi connectivity index (χ3v) is 2.37. The summed E-state index contributed by atoms with van der Waals surface area (Å²) in [7, 11) is 0. The normalized spacial score (nSPS) is 10.2. The molecule has 0 aliphatic rings. The lowest BCUT2D eigenvalue weighted by molar-refractivity contribution is 0.288. The van der Waals surface area contributed by atoms with Gasteiger partial charge in [0.2, 0.25) is 5.88 Å². The van der Waals surface area contributed by atoms with E-state index in [0.29, 0.717) is 18.0 Å². The van der Waals surface area contributed by atoms with E-state index >= 15 is 0 Å². The molecule has 0 atom stereocenters. The second-order valence-corrected chi connectivity index (χ2v) is 3.59. The van der Waals surface area contributed by atoms with Gasteiger partial charge in [0.05, 0.1) is 0 Å². The van der Waals surface area contributed by atoms with Gasteiger partial charge in [-0.1, -0.05) is 24.3 Å². The minimum absolute atomic E-state index is 0.168. The number of hydrogen-bond donors (Lipinski definition) is 1. The summed E-state index contributed by atoms with van der Waals surface area (Å²) in [4.78, 5) is 4.07. The lowest BCUT2D eigenvalue weighted by atomic mass is 10.2. The Morgan fingerprint density at radius 3 is 2.65 bits per heavy atom. The maximum Gasteiger partial charge on any atom is 0.213 e. The van der Waals surface area contributed by atoms with E-state index in [1.54, 1.807) is 30.5 Å². The predicted octanol–water partition coefficient (Wildman–Crippen LogP) is 2.26. The third kappa shape index (κ3) is 3.01. The average Bonchev–Trinajstić information content (AvgIpc) is 2.38.